The second kappa shape index (κ2) is 4.18. The van der Waals surface area contributed by atoms with E-state index in [1.54, 1.807) is 6.07 Å². The number of alkyl carbamates (subject to hydrolysis) is 1. The number of rotatable bonds is 1. The Morgan fingerprint density at radius 2 is 2.33 bits per heavy atom. The third kappa shape index (κ3) is 2.28. The second-order valence-electron chi connectivity index (χ2n) is 3.29. The number of halogens is 2. The molecule has 0 aromatic heterocycles. The van der Waals surface area contributed by atoms with Gasteiger partial charge in [-0.25, -0.2) is 9.18 Å². The molecule has 5 heteroatoms. The van der Waals surface area contributed by atoms with Gasteiger partial charge in [-0.3, -0.25) is 0 Å². The van der Waals surface area contributed by atoms with Crippen molar-refractivity contribution >= 4 is 22.0 Å². The number of carbonyl (C=O) groups is 1. The van der Waals surface area contributed by atoms with Crippen molar-refractivity contribution in [1.29, 1.82) is 0 Å². The van der Waals surface area contributed by atoms with E-state index in [0.717, 1.165) is 10.0 Å². The fourth-order valence-corrected chi connectivity index (χ4v) is 2.06. The van der Waals surface area contributed by atoms with Gasteiger partial charge in [0.1, 0.15) is 5.82 Å². The lowest BCUT2D eigenvalue weighted by atomic mass is 10.0. The fourth-order valence-electron chi connectivity index (χ4n) is 1.54. The molecule has 0 aliphatic carbocycles. The molecule has 1 heterocycles. The first kappa shape index (κ1) is 10.4. The average Bonchev–Trinajstić information content (AvgIpc) is 2.22. The van der Waals surface area contributed by atoms with E-state index in [4.69, 9.17) is 4.74 Å². The van der Waals surface area contributed by atoms with Crippen LogP contribution in [0.4, 0.5) is 9.18 Å². The third-order valence-corrected chi connectivity index (χ3v) is 2.99. The molecule has 0 saturated carbocycles. The minimum atomic E-state index is -0.456. The Morgan fingerprint density at radius 1 is 1.53 bits per heavy atom. The standard InChI is InChI=1S/C10H9BrFNO2/c11-8-2-1-6(12)5-7(8)9-3-4-15-10(14)13-9/h1-2,5,9H,3-4H2,(H,13,14)/t9-/m0/s1. The number of ether oxygens (including phenoxy) is 1. The van der Waals surface area contributed by atoms with Gasteiger partial charge in [-0.05, 0) is 23.8 Å². The zero-order chi connectivity index (χ0) is 10.8. The Balaban J connectivity index is 2.27. The Kier molecular flexibility index (Phi) is 2.90. The number of carbonyl (C=O) groups excluding carboxylic acids is 1. The van der Waals surface area contributed by atoms with Crippen LogP contribution in [0.15, 0.2) is 22.7 Å². The van der Waals surface area contributed by atoms with Gasteiger partial charge < -0.3 is 10.1 Å². The van der Waals surface area contributed by atoms with Gasteiger partial charge >= 0.3 is 6.09 Å². The summed E-state index contributed by atoms with van der Waals surface area (Å²) in [5.74, 6) is -0.311. The van der Waals surface area contributed by atoms with Crippen molar-refractivity contribution in [2.75, 3.05) is 6.61 Å². The maximum Gasteiger partial charge on any atom is 0.407 e. The summed E-state index contributed by atoms with van der Waals surface area (Å²) in [6, 6.07) is 4.23. The summed E-state index contributed by atoms with van der Waals surface area (Å²) in [4.78, 5) is 11.0. The first-order valence-electron chi connectivity index (χ1n) is 4.55. The van der Waals surface area contributed by atoms with E-state index in [-0.39, 0.29) is 11.9 Å². The lowest BCUT2D eigenvalue weighted by Crippen LogP contribution is -2.35. The summed E-state index contributed by atoms with van der Waals surface area (Å²) < 4.78 is 18.6. The Bertz CT molecular complexity index is 397. The van der Waals surface area contributed by atoms with Crippen molar-refractivity contribution in [3.8, 4) is 0 Å². The molecule has 15 heavy (non-hydrogen) atoms. The summed E-state index contributed by atoms with van der Waals surface area (Å²) in [5, 5.41) is 2.64. The van der Waals surface area contributed by atoms with E-state index in [9.17, 15) is 9.18 Å². The average molecular weight is 274 g/mol. The highest BCUT2D eigenvalue weighted by Gasteiger charge is 2.22. The van der Waals surface area contributed by atoms with Crippen LogP contribution in [0.25, 0.3) is 0 Å². The Labute approximate surface area is 94.7 Å². The summed E-state index contributed by atoms with van der Waals surface area (Å²) >= 11 is 3.33. The molecule has 1 aromatic rings. The molecule has 1 saturated heterocycles. The fraction of sp³-hybridized carbons (Fsp3) is 0.300. The minimum absolute atomic E-state index is 0.184. The van der Waals surface area contributed by atoms with Crippen LogP contribution < -0.4 is 5.32 Å². The minimum Gasteiger partial charge on any atom is -0.449 e. The van der Waals surface area contributed by atoms with Crippen LogP contribution in [0.3, 0.4) is 0 Å². The van der Waals surface area contributed by atoms with Crippen molar-refractivity contribution in [3.63, 3.8) is 0 Å². The summed E-state index contributed by atoms with van der Waals surface area (Å²) in [5.41, 5.74) is 0.742. The molecule has 0 radical (unpaired) electrons. The van der Waals surface area contributed by atoms with Crippen molar-refractivity contribution in [3.05, 3.63) is 34.1 Å². The number of hydrogen-bond donors (Lipinski definition) is 1. The normalized spacial score (nSPS) is 20.7. The molecule has 1 amide bonds. The van der Waals surface area contributed by atoms with E-state index < -0.39 is 6.09 Å². The molecule has 0 bridgehead atoms. The van der Waals surface area contributed by atoms with Gasteiger partial charge in [-0.15, -0.1) is 0 Å². The molecule has 1 fully saturated rings. The Morgan fingerprint density at radius 3 is 3.07 bits per heavy atom. The van der Waals surface area contributed by atoms with E-state index in [1.807, 2.05) is 0 Å². The van der Waals surface area contributed by atoms with Crippen LogP contribution in [0.1, 0.15) is 18.0 Å². The third-order valence-electron chi connectivity index (χ3n) is 2.27. The molecule has 1 N–H and O–H groups in total. The van der Waals surface area contributed by atoms with E-state index in [2.05, 4.69) is 21.2 Å². The summed E-state index contributed by atoms with van der Waals surface area (Å²) in [7, 11) is 0. The number of cyclic esters (lactones) is 1. The van der Waals surface area contributed by atoms with Crippen LogP contribution >= 0.6 is 15.9 Å². The van der Waals surface area contributed by atoms with Crippen molar-refractivity contribution in [2.45, 2.75) is 12.5 Å². The van der Waals surface area contributed by atoms with Crippen LogP contribution in [-0.4, -0.2) is 12.7 Å². The van der Waals surface area contributed by atoms with Crippen LogP contribution in [0, 0.1) is 5.82 Å². The first-order chi connectivity index (χ1) is 7.16. The van der Waals surface area contributed by atoms with Crippen molar-refractivity contribution in [2.24, 2.45) is 0 Å². The molecule has 0 spiro atoms. The van der Waals surface area contributed by atoms with Gasteiger partial charge in [-0.1, -0.05) is 15.9 Å². The van der Waals surface area contributed by atoms with E-state index in [1.165, 1.54) is 12.1 Å². The molecule has 1 atom stereocenters. The topological polar surface area (TPSA) is 38.3 Å². The predicted octanol–water partition coefficient (Wildman–Crippen LogP) is 2.76. The number of hydrogen-bond acceptors (Lipinski definition) is 2. The van der Waals surface area contributed by atoms with Crippen LogP contribution in [0.5, 0.6) is 0 Å². The van der Waals surface area contributed by atoms with Crippen LogP contribution in [-0.2, 0) is 4.74 Å². The highest BCUT2D eigenvalue weighted by Crippen LogP contribution is 2.28. The summed E-state index contributed by atoms with van der Waals surface area (Å²) in [6.07, 6.45) is 0.191. The van der Waals surface area contributed by atoms with Gasteiger partial charge in [0.05, 0.1) is 12.6 Å². The number of nitrogens with one attached hydrogen (secondary N) is 1. The molecule has 3 nitrogen and oxygen atoms in total. The molecule has 2 rings (SSSR count). The molecular weight excluding hydrogens is 265 g/mol. The summed E-state index contributed by atoms with van der Waals surface area (Å²) in [6.45, 7) is 0.361. The molecule has 0 unspecified atom stereocenters. The van der Waals surface area contributed by atoms with Crippen molar-refractivity contribution in [1.82, 2.24) is 5.32 Å². The van der Waals surface area contributed by atoms with Gasteiger partial charge in [0, 0.05) is 10.9 Å². The molecular formula is C10H9BrFNO2. The van der Waals surface area contributed by atoms with E-state index >= 15 is 0 Å². The zero-order valence-corrected chi connectivity index (χ0v) is 9.38. The van der Waals surface area contributed by atoms with Crippen molar-refractivity contribution < 1.29 is 13.9 Å². The van der Waals surface area contributed by atoms with Gasteiger partial charge in [-0.2, -0.15) is 0 Å². The lowest BCUT2D eigenvalue weighted by Gasteiger charge is -2.24. The van der Waals surface area contributed by atoms with E-state index in [0.29, 0.717) is 13.0 Å². The SMILES string of the molecule is O=C1N[C@H](c2cc(F)ccc2Br)CCO1. The monoisotopic (exact) mass is 273 g/mol. The second-order valence-corrected chi connectivity index (χ2v) is 4.14. The molecule has 80 valence electrons. The molecule has 1 aliphatic rings. The highest BCUT2D eigenvalue weighted by atomic mass is 79.9. The Hall–Kier alpha value is -1.10. The van der Waals surface area contributed by atoms with Gasteiger partial charge in [0.15, 0.2) is 0 Å². The lowest BCUT2D eigenvalue weighted by molar-refractivity contribution is 0.115. The zero-order valence-electron chi connectivity index (χ0n) is 7.80. The predicted molar refractivity (Wildman–Crippen MR) is 55.9 cm³/mol. The smallest absolute Gasteiger partial charge is 0.407 e. The number of benzene rings is 1. The largest absolute Gasteiger partial charge is 0.449 e. The molecule has 1 aromatic carbocycles. The van der Waals surface area contributed by atoms with Crippen LogP contribution in [0.2, 0.25) is 0 Å². The number of amides is 1. The highest BCUT2D eigenvalue weighted by molar-refractivity contribution is 9.10. The first-order valence-corrected chi connectivity index (χ1v) is 5.34. The van der Waals surface area contributed by atoms with Gasteiger partial charge in [0.25, 0.3) is 0 Å². The molecule has 1 aliphatic heterocycles. The quantitative estimate of drug-likeness (QED) is 0.855. The van der Waals surface area contributed by atoms with Gasteiger partial charge in [0.2, 0.25) is 0 Å². The maximum atomic E-state index is 13.0. The maximum absolute atomic E-state index is 13.0.